The van der Waals surface area contributed by atoms with Crippen molar-refractivity contribution in [1.29, 1.82) is 0 Å². The van der Waals surface area contributed by atoms with E-state index in [2.05, 4.69) is 4.99 Å². The van der Waals surface area contributed by atoms with E-state index in [0.717, 1.165) is 24.0 Å². The first-order valence-corrected chi connectivity index (χ1v) is 5.46. The van der Waals surface area contributed by atoms with Crippen molar-refractivity contribution < 1.29 is 9.53 Å². The van der Waals surface area contributed by atoms with Crippen LogP contribution in [0.25, 0.3) is 0 Å². The van der Waals surface area contributed by atoms with Gasteiger partial charge >= 0.3 is 0 Å². The third-order valence-corrected chi connectivity index (χ3v) is 3.23. The van der Waals surface area contributed by atoms with Crippen LogP contribution in [-0.4, -0.2) is 13.2 Å². The van der Waals surface area contributed by atoms with Crippen molar-refractivity contribution in [3.63, 3.8) is 0 Å². The molecule has 0 atom stereocenters. The van der Waals surface area contributed by atoms with Crippen LogP contribution in [0.15, 0.2) is 23.2 Å². The third kappa shape index (κ3) is 2.03. The summed E-state index contributed by atoms with van der Waals surface area (Å²) in [6.07, 6.45) is 3.42. The van der Waals surface area contributed by atoms with E-state index in [1.54, 1.807) is 13.2 Å². The number of aliphatic imine (C=N–C) groups is 1. The largest absolute Gasteiger partial charge is 0.380 e. The van der Waals surface area contributed by atoms with Crippen LogP contribution in [0, 0.1) is 0 Å². The van der Waals surface area contributed by atoms with Crippen LogP contribution in [0.2, 0.25) is 5.02 Å². The Morgan fingerprint density at radius 2 is 2.31 bits per heavy atom. The molecule has 1 fully saturated rings. The van der Waals surface area contributed by atoms with Gasteiger partial charge in [-0.3, -0.25) is 0 Å². The molecular formula is C12H12ClNO2. The number of nitrogens with zero attached hydrogens (tertiary/aromatic N) is 1. The van der Waals surface area contributed by atoms with Crippen LogP contribution in [-0.2, 0) is 21.7 Å². The number of benzene rings is 1. The number of isocyanates is 1. The van der Waals surface area contributed by atoms with Crippen molar-refractivity contribution in [2.24, 2.45) is 4.99 Å². The molecule has 0 radical (unpaired) electrons. The lowest BCUT2D eigenvalue weighted by Gasteiger charge is -2.10. The van der Waals surface area contributed by atoms with Gasteiger partial charge in [0.05, 0.1) is 12.1 Å². The van der Waals surface area contributed by atoms with E-state index in [1.807, 2.05) is 18.2 Å². The normalized spacial score (nSPS) is 16.6. The molecule has 0 unspecified atom stereocenters. The summed E-state index contributed by atoms with van der Waals surface area (Å²) in [5.41, 5.74) is 1.58. The molecule has 1 aliphatic rings. The zero-order valence-electron chi connectivity index (χ0n) is 9.00. The molecule has 1 saturated carbocycles. The first-order chi connectivity index (χ1) is 7.72. The van der Waals surface area contributed by atoms with E-state index < -0.39 is 0 Å². The maximum atomic E-state index is 10.3. The zero-order chi connectivity index (χ0) is 11.6. The molecule has 1 aromatic carbocycles. The highest BCUT2D eigenvalue weighted by Gasteiger charge is 2.44. The molecule has 0 saturated heterocycles. The van der Waals surface area contributed by atoms with Crippen molar-refractivity contribution in [3.8, 4) is 0 Å². The molecule has 0 N–H and O–H groups in total. The first-order valence-electron chi connectivity index (χ1n) is 5.09. The minimum Gasteiger partial charge on any atom is -0.380 e. The van der Waals surface area contributed by atoms with E-state index >= 15 is 0 Å². The van der Waals surface area contributed by atoms with Crippen LogP contribution < -0.4 is 0 Å². The summed E-state index contributed by atoms with van der Waals surface area (Å²) in [5, 5.41) is 0.659. The molecule has 0 spiro atoms. The number of hydrogen-bond acceptors (Lipinski definition) is 3. The summed E-state index contributed by atoms with van der Waals surface area (Å²) in [5.74, 6) is 0. The van der Waals surface area contributed by atoms with E-state index in [9.17, 15) is 4.79 Å². The van der Waals surface area contributed by atoms with Crippen molar-refractivity contribution >= 4 is 17.7 Å². The van der Waals surface area contributed by atoms with Crippen molar-refractivity contribution in [2.45, 2.75) is 25.0 Å². The Kier molecular flexibility index (Phi) is 3.10. The highest BCUT2D eigenvalue weighted by molar-refractivity contribution is 6.31. The number of carbonyl (C=O) groups excluding carboxylic acids is 1. The molecule has 4 heteroatoms. The second kappa shape index (κ2) is 4.38. The molecule has 2 rings (SSSR count). The third-order valence-electron chi connectivity index (χ3n) is 2.87. The monoisotopic (exact) mass is 237 g/mol. The summed E-state index contributed by atoms with van der Waals surface area (Å²) in [6.45, 7) is 0.489. The van der Waals surface area contributed by atoms with Crippen LogP contribution in [0.3, 0.4) is 0 Å². The molecule has 1 aromatic rings. The topological polar surface area (TPSA) is 38.7 Å². The van der Waals surface area contributed by atoms with E-state index in [0.29, 0.717) is 11.6 Å². The zero-order valence-corrected chi connectivity index (χ0v) is 9.75. The lowest BCUT2D eigenvalue weighted by molar-refractivity contribution is 0.185. The Morgan fingerprint density at radius 1 is 1.56 bits per heavy atom. The van der Waals surface area contributed by atoms with Gasteiger partial charge in [-0.25, -0.2) is 4.79 Å². The van der Waals surface area contributed by atoms with Crippen LogP contribution >= 0.6 is 11.6 Å². The SMILES string of the molecule is COCc1ccc(C2(N=C=O)CC2)cc1Cl. The molecule has 84 valence electrons. The fraction of sp³-hybridized carbons (Fsp3) is 0.417. The summed E-state index contributed by atoms with van der Waals surface area (Å²) in [4.78, 5) is 14.2. The smallest absolute Gasteiger partial charge is 0.235 e. The van der Waals surface area contributed by atoms with Gasteiger partial charge in [0.1, 0.15) is 0 Å². The van der Waals surface area contributed by atoms with Crippen molar-refractivity contribution in [3.05, 3.63) is 34.3 Å². The Hall–Kier alpha value is -1.15. The van der Waals surface area contributed by atoms with Gasteiger partial charge < -0.3 is 4.74 Å². The van der Waals surface area contributed by atoms with E-state index in [1.165, 1.54) is 0 Å². The summed E-state index contributed by atoms with van der Waals surface area (Å²) in [6, 6.07) is 5.74. The second-order valence-corrected chi connectivity index (χ2v) is 4.38. The number of hydrogen-bond donors (Lipinski definition) is 0. The molecule has 1 aliphatic carbocycles. The molecule has 3 nitrogen and oxygen atoms in total. The van der Waals surface area contributed by atoms with Gasteiger partial charge in [-0.2, -0.15) is 4.99 Å². The maximum absolute atomic E-state index is 10.3. The van der Waals surface area contributed by atoms with Gasteiger partial charge in [0.2, 0.25) is 6.08 Å². The van der Waals surface area contributed by atoms with Crippen LogP contribution in [0.4, 0.5) is 0 Å². The van der Waals surface area contributed by atoms with Gasteiger partial charge in [0.15, 0.2) is 0 Å². The highest BCUT2D eigenvalue weighted by Crippen LogP contribution is 2.49. The molecule has 0 amide bonds. The summed E-state index contributed by atoms with van der Waals surface area (Å²) < 4.78 is 5.03. The highest BCUT2D eigenvalue weighted by atomic mass is 35.5. The van der Waals surface area contributed by atoms with E-state index in [-0.39, 0.29) is 5.54 Å². The Balaban J connectivity index is 2.31. The van der Waals surface area contributed by atoms with Gasteiger partial charge in [-0.05, 0) is 30.0 Å². The number of halogens is 1. The summed E-state index contributed by atoms with van der Waals surface area (Å²) >= 11 is 6.12. The molecule has 0 bridgehead atoms. The maximum Gasteiger partial charge on any atom is 0.235 e. The molecule has 16 heavy (non-hydrogen) atoms. The van der Waals surface area contributed by atoms with Crippen LogP contribution in [0.5, 0.6) is 0 Å². The number of rotatable bonds is 4. The molecular weight excluding hydrogens is 226 g/mol. The quantitative estimate of drug-likeness (QED) is 0.597. The number of ether oxygens (including phenoxy) is 1. The van der Waals surface area contributed by atoms with Crippen LogP contribution in [0.1, 0.15) is 24.0 Å². The molecule has 0 aliphatic heterocycles. The van der Waals surface area contributed by atoms with Gasteiger partial charge in [-0.1, -0.05) is 23.7 Å². The standard InChI is InChI=1S/C12H12ClNO2/c1-16-7-9-2-3-10(6-11(9)13)12(4-5-12)14-8-15/h2-3,6H,4-5,7H2,1H3. The van der Waals surface area contributed by atoms with Gasteiger partial charge in [-0.15, -0.1) is 0 Å². The molecule has 0 heterocycles. The second-order valence-electron chi connectivity index (χ2n) is 3.97. The minimum absolute atomic E-state index is 0.350. The summed E-state index contributed by atoms with van der Waals surface area (Å²) in [7, 11) is 1.63. The average molecular weight is 238 g/mol. The van der Waals surface area contributed by atoms with Crippen molar-refractivity contribution in [2.75, 3.05) is 7.11 Å². The molecule has 0 aromatic heterocycles. The average Bonchev–Trinajstić information content (AvgIpc) is 3.03. The first kappa shape index (κ1) is 11.3. The van der Waals surface area contributed by atoms with Gasteiger partial charge in [0, 0.05) is 12.1 Å². The Labute approximate surface area is 99.1 Å². The fourth-order valence-corrected chi connectivity index (χ4v) is 2.02. The minimum atomic E-state index is -0.350. The Morgan fingerprint density at radius 3 is 2.81 bits per heavy atom. The number of methoxy groups -OCH3 is 1. The van der Waals surface area contributed by atoms with E-state index in [4.69, 9.17) is 16.3 Å². The Bertz CT molecular complexity index is 448. The lowest BCUT2D eigenvalue weighted by atomic mass is 10.0. The van der Waals surface area contributed by atoms with Crippen molar-refractivity contribution in [1.82, 2.24) is 0 Å². The lowest BCUT2D eigenvalue weighted by Crippen LogP contribution is -2.03. The fourth-order valence-electron chi connectivity index (χ4n) is 1.78. The predicted octanol–water partition coefficient (Wildman–Crippen LogP) is 2.81. The predicted molar refractivity (Wildman–Crippen MR) is 61.2 cm³/mol. The van der Waals surface area contributed by atoms with Gasteiger partial charge in [0.25, 0.3) is 0 Å².